The molecule has 182 valence electrons. The molecular formula is C26H27N3O6. The first kappa shape index (κ1) is 25.1. The number of hydrogen-bond acceptors (Lipinski definition) is 7. The first-order chi connectivity index (χ1) is 17.0. The maximum Gasteiger partial charge on any atom is 0.259 e. The fourth-order valence-electron chi connectivity index (χ4n) is 3.08. The lowest BCUT2D eigenvalue weighted by molar-refractivity contribution is -0.120. The summed E-state index contributed by atoms with van der Waals surface area (Å²) in [6.07, 6.45) is 1.47. The van der Waals surface area contributed by atoms with Crippen molar-refractivity contribution in [3.05, 3.63) is 83.4 Å². The lowest BCUT2D eigenvalue weighted by Gasteiger charge is -2.11. The fourth-order valence-corrected chi connectivity index (χ4v) is 3.08. The van der Waals surface area contributed by atoms with Crippen molar-refractivity contribution in [1.29, 1.82) is 0 Å². The number of nitrogens with one attached hydrogen (secondary N) is 2. The van der Waals surface area contributed by atoms with Crippen LogP contribution >= 0.6 is 0 Å². The summed E-state index contributed by atoms with van der Waals surface area (Å²) in [5.41, 5.74) is 4.45. The normalized spacial score (nSPS) is 10.5. The lowest BCUT2D eigenvalue weighted by atomic mass is 10.2. The number of carbonyl (C=O) groups is 2. The van der Waals surface area contributed by atoms with Crippen LogP contribution < -0.4 is 29.7 Å². The van der Waals surface area contributed by atoms with Crippen molar-refractivity contribution in [3.63, 3.8) is 0 Å². The highest BCUT2D eigenvalue weighted by molar-refractivity contribution is 5.97. The van der Waals surface area contributed by atoms with Gasteiger partial charge in [0, 0.05) is 5.56 Å². The van der Waals surface area contributed by atoms with Gasteiger partial charge in [-0.25, -0.2) is 5.43 Å². The van der Waals surface area contributed by atoms with Crippen LogP contribution in [-0.4, -0.2) is 45.9 Å². The van der Waals surface area contributed by atoms with Gasteiger partial charge in [-0.1, -0.05) is 30.3 Å². The molecule has 0 aliphatic carbocycles. The number of carbonyl (C=O) groups excluding carboxylic acids is 2. The quantitative estimate of drug-likeness (QED) is 0.325. The highest BCUT2D eigenvalue weighted by Crippen LogP contribution is 2.29. The Morgan fingerprint density at radius 1 is 0.829 bits per heavy atom. The first-order valence-corrected chi connectivity index (χ1v) is 10.7. The van der Waals surface area contributed by atoms with Gasteiger partial charge < -0.3 is 24.3 Å². The predicted octanol–water partition coefficient (Wildman–Crippen LogP) is 3.17. The molecule has 35 heavy (non-hydrogen) atoms. The Morgan fingerprint density at radius 2 is 1.51 bits per heavy atom. The van der Waals surface area contributed by atoms with E-state index >= 15 is 0 Å². The zero-order valence-electron chi connectivity index (χ0n) is 19.7. The zero-order chi connectivity index (χ0) is 25.0. The molecule has 9 nitrogen and oxygen atoms in total. The van der Waals surface area contributed by atoms with Gasteiger partial charge in [0.1, 0.15) is 6.61 Å². The van der Waals surface area contributed by atoms with Gasteiger partial charge in [-0.2, -0.15) is 5.10 Å². The minimum atomic E-state index is -0.482. The van der Waals surface area contributed by atoms with E-state index in [0.717, 1.165) is 5.56 Å². The van der Waals surface area contributed by atoms with Crippen molar-refractivity contribution in [3.8, 4) is 23.0 Å². The molecule has 0 aliphatic heterocycles. The van der Waals surface area contributed by atoms with E-state index in [1.807, 2.05) is 30.3 Å². The van der Waals surface area contributed by atoms with E-state index in [2.05, 4.69) is 15.8 Å². The van der Waals surface area contributed by atoms with Gasteiger partial charge in [0.25, 0.3) is 11.8 Å². The van der Waals surface area contributed by atoms with E-state index < -0.39 is 11.8 Å². The molecule has 0 bridgehead atoms. The van der Waals surface area contributed by atoms with Crippen molar-refractivity contribution < 1.29 is 28.5 Å². The third kappa shape index (κ3) is 7.23. The summed E-state index contributed by atoms with van der Waals surface area (Å²) in [4.78, 5) is 24.4. The largest absolute Gasteiger partial charge is 0.493 e. The van der Waals surface area contributed by atoms with Crippen LogP contribution in [0.2, 0.25) is 0 Å². The topological polar surface area (TPSA) is 107 Å². The van der Waals surface area contributed by atoms with Crippen LogP contribution in [0.4, 0.5) is 0 Å². The van der Waals surface area contributed by atoms with Crippen molar-refractivity contribution >= 4 is 18.0 Å². The van der Waals surface area contributed by atoms with Crippen LogP contribution in [0.3, 0.4) is 0 Å². The van der Waals surface area contributed by atoms with E-state index in [9.17, 15) is 9.59 Å². The number of benzene rings is 3. The molecule has 0 saturated carbocycles. The second kappa shape index (κ2) is 12.6. The van der Waals surface area contributed by atoms with Gasteiger partial charge in [-0.05, 0) is 47.5 Å². The van der Waals surface area contributed by atoms with Crippen LogP contribution in [0.25, 0.3) is 0 Å². The van der Waals surface area contributed by atoms with Gasteiger partial charge >= 0.3 is 0 Å². The minimum absolute atomic E-state index is 0.250. The number of hydrazone groups is 1. The molecule has 0 saturated heterocycles. The molecule has 0 fully saturated rings. The zero-order valence-corrected chi connectivity index (χ0v) is 19.7. The first-order valence-electron chi connectivity index (χ1n) is 10.7. The Hall–Kier alpha value is -4.53. The molecule has 2 amide bonds. The summed E-state index contributed by atoms with van der Waals surface area (Å²) in [5, 5.41) is 6.46. The van der Waals surface area contributed by atoms with Crippen LogP contribution in [0, 0.1) is 0 Å². The number of hydrogen-bond donors (Lipinski definition) is 2. The van der Waals surface area contributed by atoms with Crippen LogP contribution in [0.15, 0.2) is 71.8 Å². The molecule has 2 N–H and O–H groups in total. The van der Waals surface area contributed by atoms with Gasteiger partial charge in [-0.3, -0.25) is 9.59 Å². The van der Waals surface area contributed by atoms with E-state index in [1.165, 1.54) is 26.5 Å². The SMILES string of the molecule is COc1ccc(C(=O)NCC(=O)N/N=C/c2ccc(OCc3ccccc3)c(OC)c2)cc1OC. The second-order valence-electron chi connectivity index (χ2n) is 7.23. The van der Waals surface area contributed by atoms with Crippen LogP contribution in [0.1, 0.15) is 21.5 Å². The van der Waals surface area contributed by atoms with Crippen LogP contribution in [0.5, 0.6) is 23.0 Å². The fraction of sp³-hybridized carbons (Fsp3) is 0.192. The highest BCUT2D eigenvalue weighted by atomic mass is 16.5. The average molecular weight is 478 g/mol. The molecule has 9 heteroatoms. The van der Waals surface area contributed by atoms with Crippen LogP contribution in [-0.2, 0) is 11.4 Å². The minimum Gasteiger partial charge on any atom is -0.493 e. The molecular weight excluding hydrogens is 450 g/mol. The maximum atomic E-state index is 12.3. The maximum absolute atomic E-state index is 12.3. The van der Waals surface area contributed by atoms with E-state index in [1.54, 1.807) is 37.4 Å². The van der Waals surface area contributed by atoms with Crippen molar-refractivity contribution in [2.24, 2.45) is 5.10 Å². The summed E-state index contributed by atoms with van der Waals surface area (Å²) in [6, 6.07) is 19.8. The van der Waals surface area contributed by atoms with Crippen molar-refractivity contribution in [1.82, 2.24) is 10.7 Å². The summed E-state index contributed by atoms with van der Waals surface area (Å²) >= 11 is 0. The molecule has 0 atom stereocenters. The molecule has 0 unspecified atom stereocenters. The van der Waals surface area contributed by atoms with Gasteiger partial charge in [-0.15, -0.1) is 0 Å². The molecule has 3 aromatic rings. The van der Waals surface area contributed by atoms with Gasteiger partial charge in [0.05, 0.1) is 34.1 Å². The second-order valence-corrected chi connectivity index (χ2v) is 7.23. The number of rotatable bonds is 11. The predicted molar refractivity (Wildman–Crippen MR) is 131 cm³/mol. The van der Waals surface area contributed by atoms with E-state index in [4.69, 9.17) is 18.9 Å². The Kier molecular flexibility index (Phi) is 9.07. The molecule has 0 spiro atoms. The lowest BCUT2D eigenvalue weighted by Crippen LogP contribution is -2.34. The Balaban J connectivity index is 1.50. The summed E-state index contributed by atoms with van der Waals surface area (Å²) in [6.45, 7) is 0.163. The Bertz CT molecular complexity index is 1180. The molecule has 0 aromatic heterocycles. The van der Waals surface area contributed by atoms with Crippen molar-refractivity contribution in [2.45, 2.75) is 6.61 Å². The van der Waals surface area contributed by atoms with Gasteiger partial charge in [0.15, 0.2) is 23.0 Å². The van der Waals surface area contributed by atoms with Gasteiger partial charge in [0.2, 0.25) is 0 Å². The summed E-state index contributed by atoms with van der Waals surface area (Å²) in [7, 11) is 4.53. The molecule has 0 heterocycles. The Morgan fingerprint density at radius 3 is 2.23 bits per heavy atom. The number of ether oxygens (including phenoxy) is 4. The molecule has 3 aromatic carbocycles. The van der Waals surface area contributed by atoms with Crippen molar-refractivity contribution in [2.75, 3.05) is 27.9 Å². The standard InChI is InChI=1S/C26H27N3O6/c1-32-21-12-10-20(14-24(21)34-3)26(31)27-16-25(30)29-28-15-19-9-11-22(23(13-19)33-2)35-17-18-7-5-4-6-8-18/h4-15H,16-17H2,1-3H3,(H,27,31)(H,29,30)/b28-15+. The number of methoxy groups -OCH3 is 3. The van der Waals surface area contributed by atoms with E-state index in [0.29, 0.717) is 40.7 Å². The molecule has 0 aliphatic rings. The smallest absolute Gasteiger partial charge is 0.259 e. The average Bonchev–Trinajstić information content (AvgIpc) is 2.90. The highest BCUT2D eigenvalue weighted by Gasteiger charge is 2.12. The number of nitrogens with zero attached hydrogens (tertiary/aromatic N) is 1. The summed E-state index contributed by atoms with van der Waals surface area (Å²) in [5.74, 6) is 1.14. The third-order valence-corrected chi connectivity index (χ3v) is 4.88. The van der Waals surface area contributed by atoms with E-state index in [-0.39, 0.29) is 6.54 Å². The number of amides is 2. The third-order valence-electron chi connectivity index (χ3n) is 4.88. The Labute approximate surface area is 203 Å². The molecule has 0 radical (unpaired) electrons. The molecule has 3 rings (SSSR count). The summed E-state index contributed by atoms with van der Waals surface area (Å²) < 4.78 is 21.6. The monoisotopic (exact) mass is 477 g/mol.